The number of rotatable bonds is 2. The summed E-state index contributed by atoms with van der Waals surface area (Å²) in [6, 6.07) is 0. The van der Waals surface area contributed by atoms with Crippen molar-refractivity contribution in [1.29, 1.82) is 0 Å². The smallest absolute Gasteiger partial charge is 0.0106 e. The average molecular weight is 153 g/mol. The molecule has 64 valence electrons. The SMILES string of the molecule is CC1(C)C(/C=C/CN)C1(C)C. The Morgan fingerprint density at radius 1 is 1.18 bits per heavy atom. The van der Waals surface area contributed by atoms with Crippen molar-refractivity contribution in [3.05, 3.63) is 12.2 Å². The van der Waals surface area contributed by atoms with Crippen molar-refractivity contribution in [2.45, 2.75) is 27.7 Å². The van der Waals surface area contributed by atoms with Crippen LogP contribution in [0.1, 0.15) is 27.7 Å². The van der Waals surface area contributed by atoms with Gasteiger partial charge >= 0.3 is 0 Å². The second kappa shape index (κ2) is 2.34. The first-order chi connectivity index (χ1) is 4.94. The molecule has 0 spiro atoms. The summed E-state index contributed by atoms with van der Waals surface area (Å²) >= 11 is 0. The maximum Gasteiger partial charge on any atom is 0.0106 e. The van der Waals surface area contributed by atoms with Crippen molar-refractivity contribution in [3.63, 3.8) is 0 Å². The van der Waals surface area contributed by atoms with E-state index >= 15 is 0 Å². The zero-order chi connectivity index (χ0) is 8.70. The Balaban J connectivity index is 2.60. The highest BCUT2D eigenvalue weighted by Crippen LogP contribution is 2.68. The molecule has 0 atom stereocenters. The van der Waals surface area contributed by atoms with Crippen LogP contribution >= 0.6 is 0 Å². The molecule has 11 heavy (non-hydrogen) atoms. The fourth-order valence-corrected chi connectivity index (χ4v) is 1.94. The van der Waals surface area contributed by atoms with Gasteiger partial charge in [-0.2, -0.15) is 0 Å². The molecule has 1 fully saturated rings. The standard InChI is InChI=1S/C10H19N/c1-9(2)8(6-5-7-11)10(9,3)4/h5-6,8H,7,11H2,1-4H3/b6-5+. The molecular formula is C10H19N. The number of hydrogen-bond acceptors (Lipinski definition) is 1. The zero-order valence-electron chi connectivity index (χ0n) is 8.02. The Hall–Kier alpha value is -0.300. The van der Waals surface area contributed by atoms with Crippen molar-refractivity contribution in [1.82, 2.24) is 0 Å². The molecule has 0 bridgehead atoms. The second-order valence-corrected chi connectivity index (χ2v) is 4.58. The molecule has 0 aromatic carbocycles. The minimum Gasteiger partial charge on any atom is -0.327 e. The van der Waals surface area contributed by atoms with E-state index in [0.29, 0.717) is 17.4 Å². The minimum atomic E-state index is 0.471. The third kappa shape index (κ3) is 1.12. The average Bonchev–Trinajstić information content (AvgIpc) is 2.23. The van der Waals surface area contributed by atoms with Gasteiger partial charge in [0.05, 0.1) is 0 Å². The lowest BCUT2D eigenvalue weighted by atomic mass is 10.0. The molecule has 0 unspecified atom stereocenters. The van der Waals surface area contributed by atoms with Gasteiger partial charge in [-0.15, -0.1) is 0 Å². The molecular weight excluding hydrogens is 134 g/mol. The summed E-state index contributed by atoms with van der Waals surface area (Å²) in [6.45, 7) is 9.94. The Kier molecular flexibility index (Phi) is 1.87. The van der Waals surface area contributed by atoms with Gasteiger partial charge in [-0.3, -0.25) is 0 Å². The highest BCUT2D eigenvalue weighted by molar-refractivity contribution is 5.20. The third-order valence-electron chi connectivity index (χ3n) is 3.60. The van der Waals surface area contributed by atoms with Crippen LogP contribution in [0.15, 0.2) is 12.2 Å². The summed E-state index contributed by atoms with van der Waals surface area (Å²) in [5, 5.41) is 0. The topological polar surface area (TPSA) is 26.0 Å². The van der Waals surface area contributed by atoms with E-state index in [9.17, 15) is 0 Å². The molecule has 1 heteroatoms. The summed E-state index contributed by atoms with van der Waals surface area (Å²) in [5.74, 6) is 0.721. The zero-order valence-corrected chi connectivity index (χ0v) is 8.02. The summed E-state index contributed by atoms with van der Waals surface area (Å²) < 4.78 is 0. The molecule has 0 saturated heterocycles. The number of nitrogens with two attached hydrogens (primary N) is 1. The molecule has 1 aliphatic rings. The Labute approximate surface area is 69.7 Å². The monoisotopic (exact) mass is 153 g/mol. The highest BCUT2D eigenvalue weighted by Gasteiger charge is 2.62. The van der Waals surface area contributed by atoms with Gasteiger partial charge in [-0.1, -0.05) is 39.8 Å². The van der Waals surface area contributed by atoms with Crippen LogP contribution in [0.3, 0.4) is 0 Å². The molecule has 2 N–H and O–H groups in total. The van der Waals surface area contributed by atoms with Gasteiger partial charge in [-0.25, -0.2) is 0 Å². The largest absolute Gasteiger partial charge is 0.327 e. The van der Waals surface area contributed by atoms with E-state index < -0.39 is 0 Å². The van der Waals surface area contributed by atoms with Crippen LogP contribution in [0.5, 0.6) is 0 Å². The van der Waals surface area contributed by atoms with Crippen LogP contribution in [0, 0.1) is 16.7 Å². The predicted octanol–water partition coefficient (Wildman–Crippen LogP) is 2.18. The summed E-state index contributed by atoms with van der Waals surface area (Å²) in [6.07, 6.45) is 4.33. The quantitative estimate of drug-likeness (QED) is 0.605. The first-order valence-electron chi connectivity index (χ1n) is 4.31. The molecule has 0 amide bonds. The molecule has 0 heterocycles. The molecule has 0 aliphatic heterocycles. The minimum absolute atomic E-state index is 0.471. The van der Waals surface area contributed by atoms with E-state index in [2.05, 4.69) is 39.8 Å². The van der Waals surface area contributed by atoms with Crippen molar-refractivity contribution in [2.24, 2.45) is 22.5 Å². The first kappa shape index (κ1) is 8.79. The fourth-order valence-electron chi connectivity index (χ4n) is 1.94. The molecule has 1 saturated carbocycles. The Morgan fingerprint density at radius 2 is 1.64 bits per heavy atom. The fraction of sp³-hybridized carbons (Fsp3) is 0.800. The highest BCUT2D eigenvalue weighted by atomic mass is 14.7. The van der Waals surface area contributed by atoms with Gasteiger partial charge in [0.15, 0.2) is 0 Å². The van der Waals surface area contributed by atoms with Crippen molar-refractivity contribution in [3.8, 4) is 0 Å². The van der Waals surface area contributed by atoms with Gasteiger partial charge in [0.1, 0.15) is 0 Å². The Bertz CT molecular complexity index is 163. The van der Waals surface area contributed by atoms with Crippen molar-refractivity contribution < 1.29 is 0 Å². The van der Waals surface area contributed by atoms with E-state index in [1.165, 1.54) is 0 Å². The van der Waals surface area contributed by atoms with E-state index in [-0.39, 0.29) is 0 Å². The molecule has 0 aromatic heterocycles. The van der Waals surface area contributed by atoms with Gasteiger partial charge in [0.25, 0.3) is 0 Å². The molecule has 0 radical (unpaired) electrons. The molecule has 1 rings (SSSR count). The molecule has 1 nitrogen and oxygen atoms in total. The van der Waals surface area contributed by atoms with Gasteiger partial charge in [-0.05, 0) is 16.7 Å². The molecule has 0 aromatic rings. The lowest BCUT2D eigenvalue weighted by Crippen LogP contribution is -1.95. The van der Waals surface area contributed by atoms with Crippen LogP contribution < -0.4 is 5.73 Å². The number of allylic oxidation sites excluding steroid dienone is 1. The lowest BCUT2D eigenvalue weighted by molar-refractivity contribution is 0.457. The Morgan fingerprint density at radius 3 is 1.91 bits per heavy atom. The van der Waals surface area contributed by atoms with Crippen molar-refractivity contribution in [2.75, 3.05) is 6.54 Å². The van der Waals surface area contributed by atoms with E-state index in [0.717, 1.165) is 5.92 Å². The van der Waals surface area contributed by atoms with Crippen LogP contribution in [0.25, 0.3) is 0 Å². The second-order valence-electron chi connectivity index (χ2n) is 4.58. The summed E-state index contributed by atoms with van der Waals surface area (Å²) in [7, 11) is 0. The molecule has 1 aliphatic carbocycles. The normalized spacial score (nSPS) is 27.7. The summed E-state index contributed by atoms with van der Waals surface area (Å²) in [5.41, 5.74) is 6.34. The van der Waals surface area contributed by atoms with Crippen LogP contribution in [0.2, 0.25) is 0 Å². The van der Waals surface area contributed by atoms with E-state index in [4.69, 9.17) is 5.73 Å². The van der Waals surface area contributed by atoms with Crippen LogP contribution in [0.4, 0.5) is 0 Å². The van der Waals surface area contributed by atoms with E-state index in [1.807, 2.05) is 0 Å². The van der Waals surface area contributed by atoms with Crippen LogP contribution in [-0.4, -0.2) is 6.54 Å². The van der Waals surface area contributed by atoms with Gasteiger partial charge < -0.3 is 5.73 Å². The van der Waals surface area contributed by atoms with E-state index in [1.54, 1.807) is 0 Å². The maximum atomic E-state index is 5.39. The maximum absolute atomic E-state index is 5.39. The van der Waals surface area contributed by atoms with Crippen molar-refractivity contribution >= 4 is 0 Å². The lowest BCUT2D eigenvalue weighted by Gasteiger charge is -2.03. The summed E-state index contributed by atoms with van der Waals surface area (Å²) in [4.78, 5) is 0. The van der Waals surface area contributed by atoms with Gasteiger partial charge in [0, 0.05) is 6.54 Å². The predicted molar refractivity (Wildman–Crippen MR) is 49.2 cm³/mol. The van der Waals surface area contributed by atoms with Crippen LogP contribution in [-0.2, 0) is 0 Å². The van der Waals surface area contributed by atoms with Gasteiger partial charge in [0.2, 0.25) is 0 Å². The first-order valence-corrected chi connectivity index (χ1v) is 4.31. The number of hydrogen-bond donors (Lipinski definition) is 1. The third-order valence-corrected chi connectivity index (χ3v) is 3.60.